The van der Waals surface area contributed by atoms with Gasteiger partial charge in [0.05, 0.1) is 12.2 Å². The Balaban J connectivity index is 1.39. The van der Waals surface area contributed by atoms with E-state index in [-0.39, 0.29) is 0 Å². The largest absolute Gasteiger partial charge is 0.393 e. The van der Waals surface area contributed by atoms with Crippen LogP contribution in [-0.2, 0) is 0 Å². The molecule has 0 aromatic heterocycles. The lowest BCUT2D eigenvalue weighted by atomic mass is 9.61. The number of fused-ring (bicyclic) bond motifs is 1. The van der Waals surface area contributed by atoms with E-state index in [1.165, 1.54) is 31.3 Å². The molecule has 5 heteroatoms. The van der Waals surface area contributed by atoms with Gasteiger partial charge in [0.1, 0.15) is 0 Å². The quantitative estimate of drug-likeness (QED) is 0.574. The van der Waals surface area contributed by atoms with E-state index in [4.69, 9.17) is 0 Å². The molecule has 0 bridgehead atoms. The fraction of sp³-hybridized carbons (Fsp3) is 0.852. The SMILES string of the molecule is C[C@H](CN1CCC(C(F)F)CC1)[C@H]1CC[C@H]2/C(=C/C=C3C[C@@H](O)C[C@H](O)C3)CCC[C@]12C. The Morgan fingerprint density at radius 3 is 2.41 bits per heavy atom. The van der Waals surface area contributed by atoms with Crippen LogP contribution in [0.4, 0.5) is 8.78 Å². The summed E-state index contributed by atoms with van der Waals surface area (Å²) >= 11 is 0. The van der Waals surface area contributed by atoms with Gasteiger partial charge in [0.25, 0.3) is 0 Å². The van der Waals surface area contributed by atoms with Crippen LogP contribution in [0.3, 0.4) is 0 Å². The molecule has 0 amide bonds. The van der Waals surface area contributed by atoms with Crippen LogP contribution >= 0.6 is 0 Å². The van der Waals surface area contributed by atoms with Crippen molar-refractivity contribution in [3.63, 3.8) is 0 Å². The van der Waals surface area contributed by atoms with Gasteiger partial charge in [-0.3, -0.25) is 0 Å². The normalized spacial score (nSPS) is 39.5. The minimum Gasteiger partial charge on any atom is -0.393 e. The standard InChI is InChI=1S/C27H43F2NO2/c1-18(17-30-12-9-21(10-13-30)26(28)29)24-7-8-25-20(4-3-11-27(24,25)2)6-5-19-14-22(31)16-23(32)15-19/h5-6,18,21-26,31-32H,3-4,7-17H2,1-2H3/b20-6+/t18-,22-,23-,24-,25+,27-/m1/s1. The lowest BCUT2D eigenvalue weighted by Gasteiger charge is -2.45. The number of aliphatic hydroxyl groups excluding tert-OH is 2. The molecule has 0 radical (unpaired) electrons. The first-order valence-corrected chi connectivity index (χ1v) is 13.0. The number of aliphatic hydroxyl groups is 2. The first-order chi connectivity index (χ1) is 15.3. The van der Waals surface area contributed by atoms with E-state index in [1.807, 2.05) is 0 Å². The second-order valence-corrected chi connectivity index (χ2v) is 11.6. The van der Waals surface area contributed by atoms with Crippen molar-refractivity contribution in [3.8, 4) is 0 Å². The van der Waals surface area contributed by atoms with Crippen molar-refractivity contribution < 1.29 is 19.0 Å². The summed E-state index contributed by atoms with van der Waals surface area (Å²) in [7, 11) is 0. The predicted octanol–water partition coefficient (Wildman–Crippen LogP) is 5.57. The molecule has 3 aliphatic carbocycles. The topological polar surface area (TPSA) is 43.7 Å². The van der Waals surface area contributed by atoms with Crippen LogP contribution in [0.15, 0.2) is 23.3 Å². The van der Waals surface area contributed by atoms with Gasteiger partial charge in [-0.2, -0.15) is 0 Å². The summed E-state index contributed by atoms with van der Waals surface area (Å²) in [5.41, 5.74) is 3.06. The first-order valence-electron chi connectivity index (χ1n) is 13.0. The van der Waals surface area contributed by atoms with Crippen LogP contribution in [0.25, 0.3) is 0 Å². The number of likely N-dealkylation sites (tertiary alicyclic amines) is 1. The minimum atomic E-state index is -2.16. The van der Waals surface area contributed by atoms with Gasteiger partial charge < -0.3 is 15.1 Å². The number of allylic oxidation sites excluding steroid dienone is 3. The monoisotopic (exact) mass is 451 g/mol. The molecule has 0 unspecified atom stereocenters. The molecule has 0 aromatic carbocycles. The van der Waals surface area contributed by atoms with E-state index in [0.29, 0.717) is 55.3 Å². The number of hydrogen-bond acceptors (Lipinski definition) is 3. The van der Waals surface area contributed by atoms with Gasteiger partial charge in [-0.1, -0.05) is 37.1 Å². The summed E-state index contributed by atoms with van der Waals surface area (Å²) in [5, 5.41) is 20.0. The molecule has 0 aromatic rings. The van der Waals surface area contributed by atoms with Crippen LogP contribution in [0, 0.1) is 29.1 Å². The van der Waals surface area contributed by atoms with E-state index in [2.05, 4.69) is 30.9 Å². The van der Waals surface area contributed by atoms with Gasteiger partial charge in [0.15, 0.2) is 0 Å². The van der Waals surface area contributed by atoms with Crippen molar-refractivity contribution in [2.45, 2.75) is 96.7 Å². The van der Waals surface area contributed by atoms with Crippen LogP contribution in [0.5, 0.6) is 0 Å². The zero-order chi connectivity index (χ0) is 22.9. The second-order valence-electron chi connectivity index (χ2n) is 11.6. The number of halogens is 2. The van der Waals surface area contributed by atoms with Gasteiger partial charge in [-0.25, -0.2) is 8.78 Å². The molecule has 2 N–H and O–H groups in total. The fourth-order valence-electron chi connectivity index (χ4n) is 7.67. The molecule has 1 saturated heterocycles. The highest BCUT2D eigenvalue weighted by molar-refractivity contribution is 5.26. The average Bonchev–Trinajstić information content (AvgIpc) is 3.09. The van der Waals surface area contributed by atoms with Crippen molar-refractivity contribution in [1.29, 1.82) is 0 Å². The molecular formula is C27H43F2NO2. The lowest BCUT2D eigenvalue weighted by molar-refractivity contribution is 0.0227. The minimum absolute atomic E-state index is 0.328. The molecule has 6 atom stereocenters. The molecule has 1 heterocycles. The molecule has 32 heavy (non-hydrogen) atoms. The number of alkyl halides is 2. The number of rotatable bonds is 5. The van der Waals surface area contributed by atoms with E-state index < -0.39 is 24.6 Å². The Morgan fingerprint density at radius 1 is 1.06 bits per heavy atom. The van der Waals surface area contributed by atoms with Gasteiger partial charge in [0.2, 0.25) is 6.43 Å². The highest BCUT2D eigenvalue weighted by Crippen LogP contribution is 2.59. The summed E-state index contributed by atoms with van der Waals surface area (Å²) in [6.45, 7) is 7.58. The van der Waals surface area contributed by atoms with Gasteiger partial charge >= 0.3 is 0 Å². The fourth-order valence-corrected chi connectivity index (χ4v) is 7.67. The smallest absolute Gasteiger partial charge is 0.241 e. The maximum absolute atomic E-state index is 13.0. The van der Waals surface area contributed by atoms with Crippen LogP contribution in [0.2, 0.25) is 0 Å². The molecule has 4 fully saturated rings. The molecule has 3 nitrogen and oxygen atoms in total. The molecule has 4 rings (SSSR count). The van der Waals surface area contributed by atoms with E-state index in [9.17, 15) is 19.0 Å². The number of piperidine rings is 1. The molecule has 3 saturated carbocycles. The summed E-state index contributed by atoms with van der Waals surface area (Å²) < 4.78 is 26.0. The van der Waals surface area contributed by atoms with Gasteiger partial charge in [-0.05, 0) is 100 Å². The summed E-state index contributed by atoms with van der Waals surface area (Å²) in [4.78, 5) is 2.43. The Kier molecular flexibility index (Phi) is 7.78. The van der Waals surface area contributed by atoms with Crippen molar-refractivity contribution >= 4 is 0 Å². The van der Waals surface area contributed by atoms with Crippen molar-refractivity contribution in [1.82, 2.24) is 4.90 Å². The molecule has 182 valence electrons. The number of nitrogens with zero attached hydrogens (tertiary/aromatic N) is 1. The van der Waals surface area contributed by atoms with Gasteiger partial charge in [-0.15, -0.1) is 0 Å². The van der Waals surface area contributed by atoms with E-state index in [0.717, 1.165) is 26.1 Å². The van der Waals surface area contributed by atoms with Crippen LogP contribution < -0.4 is 0 Å². The summed E-state index contributed by atoms with van der Waals surface area (Å²) in [5.74, 6) is 1.51. The zero-order valence-corrected chi connectivity index (χ0v) is 20.0. The Morgan fingerprint density at radius 2 is 1.75 bits per heavy atom. The van der Waals surface area contributed by atoms with E-state index >= 15 is 0 Å². The first kappa shape index (κ1) is 24.3. The maximum atomic E-state index is 13.0. The number of hydrogen-bond donors (Lipinski definition) is 2. The maximum Gasteiger partial charge on any atom is 0.241 e. The third-order valence-electron chi connectivity index (χ3n) is 9.33. The van der Waals surface area contributed by atoms with Crippen LogP contribution in [0.1, 0.15) is 78.1 Å². The third-order valence-corrected chi connectivity index (χ3v) is 9.33. The third kappa shape index (κ3) is 5.31. The highest BCUT2D eigenvalue weighted by atomic mass is 19.3. The molecule has 1 aliphatic heterocycles. The van der Waals surface area contributed by atoms with Crippen molar-refractivity contribution in [2.24, 2.45) is 29.1 Å². The molecule has 4 aliphatic rings. The predicted molar refractivity (Wildman–Crippen MR) is 125 cm³/mol. The average molecular weight is 452 g/mol. The Hall–Kier alpha value is -0.780. The summed E-state index contributed by atoms with van der Waals surface area (Å²) in [6.07, 6.45) is 10.9. The Bertz CT molecular complexity index is 688. The lowest BCUT2D eigenvalue weighted by Crippen LogP contribution is -2.42. The molecule has 0 spiro atoms. The van der Waals surface area contributed by atoms with Crippen LogP contribution in [-0.4, -0.2) is 53.4 Å². The van der Waals surface area contributed by atoms with Gasteiger partial charge in [0, 0.05) is 12.5 Å². The van der Waals surface area contributed by atoms with E-state index in [1.54, 1.807) is 5.57 Å². The van der Waals surface area contributed by atoms with Crippen molar-refractivity contribution in [2.75, 3.05) is 19.6 Å². The summed E-state index contributed by atoms with van der Waals surface area (Å²) in [6, 6.07) is 0. The van der Waals surface area contributed by atoms with Crippen molar-refractivity contribution in [3.05, 3.63) is 23.3 Å². The zero-order valence-electron chi connectivity index (χ0n) is 20.0. The highest BCUT2D eigenvalue weighted by Gasteiger charge is 2.50. The Labute approximate surface area is 193 Å². The second kappa shape index (κ2) is 10.2. The molecular weight excluding hydrogens is 408 g/mol.